The van der Waals surface area contributed by atoms with Gasteiger partial charge < -0.3 is 5.73 Å². The summed E-state index contributed by atoms with van der Waals surface area (Å²) < 4.78 is 1.86. The molecule has 1 saturated carbocycles. The van der Waals surface area contributed by atoms with Crippen LogP contribution < -0.4 is 5.73 Å². The Morgan fingerprint density at radius 3 is 3.00 bits per heavy atom. The van der Waals surface area contributed by atoms with Crippen molar-refractivity contribution in [2.24, 2.45) is 11.7 Å². The van der Waals surface area contributed by atoms with Crippen LogP contribution in [0.3, 0.4) is 0 Å². The third-order valence-corrected chi connectivity index (χ3v) is 3.37. The minimum Gasteiger partial charge on any atom is -0.330 e. The van der Waals surface area contributed by atoms with E-state index in [0.717, 1.165) is 19.4 Å². The highest BCUT2D eigenvalue weighted by molar-refractivity contribution is 5.13. The second-order valence-corrected chi connectivity index (χ2v) is 4.38. The zero-order valence-electron chi connectivity index (χ0n) is 9.34. The van der Waals surface area contributed by atoms with Crippen LogP contribution in [0.5, 0.6) is 0 Å². The topological polar surface area (TPSA) is 80.5 Å². The van der Waals surface area contributed by atoms with Crippen LogP contribution in [0.4, 0.5) is 0 Å². The molecule has 0 amide bonds. The molecule has 0 aliphatic heterocycles. The fourth-order valence-electron chi connectivity index (χ4n) is 2.58. The van der Waals surface area contributed by atoms with E-state index in [0.29, 0.717) is 17.7 Å². The van der Waals surface area contributed by atoms with E-state index < -0.39 is 0 Å². The second kappa shape index (κ2) is 5.08. The maximum Gasteiger partial charge on any atom is 0.182 e. The molecule has 16 heavy (non-hydrogen) atoms. The van der Waals surface area contributed by atoms with Gasteiger partial charge in [-0.1, -0.05) is 18.1 Å². The van der Waals surface area contributed by atoms with Crippen LogP contribution in [0.2, 0.25) is 0 Å². The fourth-order valence-corrected chi connectivity index (χ4v) is 2.58. The van der Waals surface area contributed by atoms with Gasteiger partial charge in [0.1, 0.15) is 6.07 Å². The van der Waals surface area contributed by atoms with Gasteiger partial charge in [-0.15, -0.1) is 5.10 Å². The largest absolute Gasteiger partial charge is 0.330 e. The van der Waals surface area contributed by atoms with Gasteiger partial charge in [0.25, 0.3) is 0 Å². The monoisotopic (exact) mass is 219 g/mol. The van der Waals surface area contributed by atoms with E-state index >= 15 is 0 Å². The highest BCUT2D eigenvalue weighted by atomic mass is 15.4. The minimum atomic E-state index is 0.381. The molecule has 2 atom stereocenters. The van der Waals surface area contributed by atoms with Crippen molar-refractivity contribution in [1.29, 1.82) is 5.26 Å². The van der Waals surface area contributed by atoms with Crippen LogP contribution in [0, 0.1) is 17.2 Å². The zero-order chi connectivity index (χ0) is 11.4. The van der Waals surface area contributed by atoms with Crippen LogP contribution in [-0.4, -0.2) is 21.5 Å². The van der Waals surface area contributed by atoms with Crippen molar-refractivity contribution >= 4 is 0 Å². The van der Waals surface area contributed by atoms with Crippen molar-refractivity contribution in [2.75, 3.05) is 6.54 Å². The summed E-state index contributed by atoms with van der Waals surface area (Å²) in [6.45, 7) is 0.723. The van der Waals surface area contributed by atoms with Crippen LogP contribution in [0.1, 0.15) is 43.8 Å². The number of nitrogens with zero attached hydrogens (tertiary/aromatic N) is 4. The van der Waals surface area contributed by atoms with Crippen molar-refractivity contribution in [1.82, 2.24) is 15.0 Å². The Morgan fingerprint density at radius 2 is 2.31 bits per heavy atom. The molecule has 1 aromatic rings. The molecule has 0 bridgehead atoms. The predicted molar refractivity (Wildman–Crippen MR) is 59.4 cm³/mol. The Labute approximate surface area is 95.2 Å². The van der Waals surface area contributed by atoms with Gasteiger partial charge in [0.15, 0.2) is 5.69 Å². The molecule has 2 unspecified atom stereocenters. The first-order valence-electron chi connectivity index (χ1n) is 5.87. The SMILES string of the molecule is N#Cc1cn(C2CCCCC2CCN)nn1. The molecule has 5 heteroatoms. The molecular weight excluding hydrogens is 202 g/mol. The average molecular weight is 219 g/mol. The lowest BCUT2D eigenvalue weighted by molar-refractivity contribution is 0.211. The first-order valence-corrected chi connectivity index (χ1v) is 5.87. The van der Waals surface area contributed by atoms with E-state index in [1.807, 2.05) is 10.8 Å². The van der Waals surface area contributed by atoms with E-state index in [2.05, 4.69) is 10.3 Å². The summed E-state index contributed by atoms with van der Waals surface area (Å²) in [7, 11) is 0. The van der Waals surface area contributed by atoms with Gasteiger partial charge in [0.2, 0.25) is 0 Å². The van der Waals surface area contributed by atoms with Crippen molar-refractivity contribution in [2.45, 2.75) is 38.1 Å². The van der Waals surface area contributed by atoms with Gasteiger partial charge in [-0.3, -0.25) is 0 Å². The van der Waals surface area contributed by atoms with E-state index in [-0.39, 0.29) is 0 Å². The molecule has 1 fully saturated rings. The standard InChI is InChI=1S/C11H17N5/c12-6-5-9-3-1-2-4-11(9)16-8-10(7-13)14-15-16/h8-9,11H,1-6,12H2. The highest BCUT2D eigenvalue weighted by Gasteiger charge is 2.26. The lowest BCUT2D eigenvalue weighted by atomic mass is 9.82. The van der Waals surface area contributed by atoms with Gasteiger partial charge in [-0.05, 0) is 31.7 Å². The normalized spacial score (nSPS) is 25.2. The molecule has 2 N–H and O–H groups in total. The van der Waals surface area contributed by atoms with Gasteiger partial charge in [0.05, 0.1) is 12.2 Å². The lowest BCUT2D eigenvalue weighted by Crippen LogP contribution is -2.25. The summed E-state index contributed by atoms with van der Waals surface area (Å²) >= 11 is 0. The highest BCUT2D eigenvalue weighted by Crippen LogP contribution is 2.35. The molecule has 1 aliphatic carbocycles. The number of hydrogen-bond acceptors (Lipinski definition) is 4. The van der Waals surface area contributed by atoms with Gasteiger partial charge in [-0.25, -0.2) is 4.68 Å². The van der Waals surface area contributed by atoms with Crippen molar-refractivity contribution in [3.63, 3.8) is 0 Å². The molecule has 0 saturated heterocycles. The summed E-state index contributed by atoms with van der Waals surface area (Å²) in [5, 5.41) is 16.6. The second-order valence-electron chi connectivity index (χ2n) is 4.38. The third-order valence-electron chi connectivity index (χ3n) is 3.37. The molecule has 0 aromatic carbocycles. The molecule has 1 aliphatic rings. The summed E-state index contributed by atoms with van der Waals surface area (Å²) in [5.41, 5.74) is 6.03. The molecule has 2 rings (SSSR count). The van der Waals surface area contributed by atoms with Gasteiger partial charge in [0, 0.05) is 0 Å². The Morgan fingerprint density at radius 1 is 1.50 bits per heavy atom. The summed E-state index contributed by atoms with van der Waals surface area (Å²) in [5.74, 6) is 0.590. The summed E-state index contributed by atoms with van der Waals surface area (Å²) in [6.07, 6.45) is 7.63. The maximum absolute atomic E-state index is 8.73. The molecule has 0 spiro atoms. The quantitative estimate of drug-likeness (QED) is 0.829. The van der Waals surface area contributed by atoms with E-state index in [9.17, 15) is 0 Å². The smallest absolute Gasteiger partial charge is 0.182 e. The van der Waals surface area contributed by atoms with Gasteiger partial charge in [-0.2, -0.15) is 5.26 Å². The first-order chi connectivity index (χ1) is 7.85. The van der Waals surface area contributed by atoms with E-state index in [4.69, 9.17) is 11.0 Å². The van der Waals surface area contributed by atoms with Gasteiger partial charge >= 0.3 is 0 Å². The Balaban J connectivity index is 2.13. The Kier molecular flexibility index (Phi) is 3.52. The predicted octanol–water partition coefficient (Wildman–Crippen LogP) is 1.23. The average Bonchev–Trinajstić information content (AvgIpc) is 2.79. The summed E-state index contributed by atoms with van der Waals surface area (Å²) in [4.78, 5) is 0. The molecular formula is C11H17N5. The minimum absolute atomic E-state index is 0.381. The van der Waals surface area contributed by atoms with Crippen LogP contribution in [0.15, 0.2) is 6.20 Å². The van der Waals surface area contributed by atoms with Crippen molar-refractivity contribution < 1.29 is 0 Å². The van der Waals surface area contributed by atoms with Crippen molar-refractivity contribution in [3.8, 4) is 6.07 Å². The lowest BCUT2D eigenvalue weighted by Gasteiger charge is -2.30. The number of hydrogen-bond donors (Lipinski definition) is 1. The molecule has 0 radical (unpaired) electrons. The van der Waals surface area contributed by atoms with Crippen molar-refractivity contribution in [3.05, 3.63) is 11.9 Å². The number of nitriles is 1. The van der Waals surface area contributed by atoms with E-state index in [1.165, 1.54) is 19.3 Å². The van der Waals surface area contributed by atoms with Crippen LogP contribution in [0.25, 0.3) is 0 Å². The number of aromatic nitrogens is 3. The van der Waals surface area contributed by atoms with E-state index in [1.54, 1.807) is 6.20 Å². The zero-order valence-corrected chi connectivity index (χ0v) is 9.34. The fraction of sp³-hybridized carbons (Fsp3) is 0.727. The Bertz CT molecular complexity index is 376. The number of nitrogens with two attached hydrogens (primary N) is 1. The number of rotatable bonds is 3. The summed E-state index contributed by atoms with van der Waals surface area (Å²) in [6, 6.07) is 2.40. The molecule has 1 aromatic heterocycles. The molecule has 86 valence electrons. The van der Waals surface area contributed by atoms with Crippen LogP contribution in [-0.2, 0) is 0 Å². The first kappa shape index (κ1) is 11.1. The third kappa shape index (κ3) is 2.22. The molecule has 5 nitrogen and oxygen atoms in total. The maximum atomic E-state index is 8.73. The Hall–Kier alpha value is -1.41. The molecule has 1 heterocycles. The van der Waals surface area contributed by atoms with Crippen LogP contribution >= 0.6 is 0 Å².